The quantitative estimate of drug-likeness (QED) is 0.232. The summed E-state index contributed by atoms with van der Waals surface area (Å²) in [5, 5.41) is 11.0. The van der Waals surface area contributed by atoms with Crippen LogP contribution in [-0.2, 0) is 17.8 Å². The van der Waals surface area contributed by atoms with Crippen LogP contribution in [0.3, 0.4) is 0 Å². The van der Waals surface area contributed by atoms with Gasteiger partial charge in [0.25, 0.3) is 0 Å². The molecule has 1 fully saturated rings. The van der Waals surface area contributed by atoms with Crippen molar-refractivity contribution in [2.45, 2.75) is 20.0 Å². The van der Waals surface area contributed by atoms with E-state index in [4.69, 9.17) is 9.73 Å². The van der Waals surface area contributed by atoms with Gasteiger partial charge in [0.05, 0.1) is 26.3 Å². The van der Waals surface area contributed by atoms with E-state index < -0.39 is 0 Å². The van der Waals surface area contributed by atoms with Crippen molar-refractivity contribution in [2.24, 2.45) is 4.99 Å². The summed E-state index contributed by atoms with van der Waals surface area (Å²) < 4.78 is 7.25. The second-order valence-corrected chi connectivity index (χ2v) is 8.02. The minimum atomic E-state index is 0. The second kappa shape index (κ2) is 14.0. The summed E-state index contributed by atoms with van der Waals surface area (Å²) >= 11 is 0. The largest absolute Gasteiger partial charge is 0.379 e. The second-order valence-electron chi connectivity index (χ2n) is 8.02. The predicted molar refractivity (Wildman–Crippen MR) is 146 cm³/mol. The van der Waals surface area contributed by atoms with E-state index in [0.717, 1.165) is 51.9 Å². The summed E-state index contributed by atoms with van der Waals surface area (Å²) in [6, 6.07) is 17.1. The van der Waals surface area contributed by atoms with Crippen LogP contribution in [0.1, 0.15) is 18.1 Å². The molecule has 0 atom stereocenters. The molecular weight excluding hydrogens is 541 g/mol. The van der Waals surface area contributed by atoms with Crippen molar-refractivity contribution in [3.63, 3.8) is 0 Å². The van der Waals surface area contributed by atoms with Crippen molar-refractivity contribution in [1.82, 2.24) is 30.3 Å². The molecule has 0 radical (unpaired) electrons. The van der Waals surface area contributed by atoms with Gasteiger partial charge in [-0.3, -0.25) is 4.90 Å². The lowest BCUT2D eigenvalue weighted by molar-refractivity contribution is 0.0389. The minimum absolute atomic E-state index is 0. The van der Waals surface area contributed by atoms with Crippen molar-refractivity contribution >= 4 is 29.9 Å². The fraction of sp³-hybridized carbons (Fsp3) is 0.400. The van der Waals surface area contributed by atoms with Crippen LogP contribution < -0.4 is 10.6 Å². The van der Waals surface area contributed by atoms with Gasteiger partial charge in [0.2, 0.25) is 0 Å². The maximum atomic E-state index is 5.43. The number of morpholine rings is 1. The first-order valence-electron chi connectivity index (χ1n) is 11.6. The first-order valence-corrected chi connectivity index (χ1v) is 11.6. The molecule has 0 spiro atoms. The zero-order chi connectivity index (χ0) is 22.7. The molecule has 0 amide bonds. The third-order valence-corrected chi connectivity index (χ3v) is 5.67. The van der Waals surface area contributed by atoms with E-state index in [-0.39, 0.29) is 24.0 Å². The zero-order valence-electron chi connectivity index (χ0n) is 19.7. The Kier molecular flexibility index (Phi) is 10.8. The molecule has 2 N–H and O–H groups in total. The highest BCUT2D eigenvalue weighted by atomic mass is 127. The smallest absolute Gasteiger partial charge is 0.191 e. The molecule has 0 aliphatic carbocycles. The lowest BCUT2D eigenvalue weighted by Crippen LogP contribution is -2.44. The molecule has 1 aliphatic rings. The number of nitrogens with zero attached hydrogens (tertiary/aromatic N) is 5. The number of aromatic nitrogens is 3. The van der Waals surface area contributed by atoms with E-state index in [2.05, 4.69) is 81.1 Å². The van der Waals surface area contributed by atoms with Crippen molar-refractivity contribution in [3.8, 4) is 11.1 Å². The first kappa shape index (κ1) is 26.1. The molecule has 0 bridgehead atoms. The molecule has 1 aromatic heterocycles. The SMILES string of the molecule is CCNC(=NCc1ccccc1-c1ccc(Cn2cncn2)cc1)NCCN1CCOCC1.I. The van der Waals surface area contributed by atoms with Crippen LogP contribution in [0.4, 0.5) is 0 Å². The Hall–Kier alpha value is -2.50. The van der Waals surface area contributed by atoms with Crippen molar-refractivity contribution in [1.29, 1.82) is 0 Å². The van der Waals surface area contributed by atoms with Crippen molar-refractivity contribution < 1.29 is 4.74 Å². The van der Waals surface area contributed by atoms with Crippen molar-refractivity contribution in [2.75, 3.05) is 45.9 Å². The van der Waals surface area contributed by atoms with Gasteiger partial charge in [-0.15, -0.1) is 24.0 Å². The van der Waals surface area contributed by atoms with Crippen LogP contribution in [0.25, 0.3) is 11.1 Å². The number of hydrogen-bond donors (Lipinski definition) is 2. The number of rotatable bonds is 9. The molecule has 2 aromatic carbocycles. The van der Waals surface area contributed by atoms with Gasteiger partial charge in [0.15, 0.2) is 5.96 Å². The summed E-state index contributed by atoms with van der Waals surface area (Å²) in [6.45, 7) is 9.76. The van der Waals surface area contributed by atoms with E-state index >= 15 is 0 Å². The molecule has 4 rings (SSSR count). The Labute approximate surface area is 218 Å². The number of benzene rings is 2. The molecule has 2 heterocycles. The standard InChI is InChI=1S/C25H33N7O.HI/c1-2-27-25(28-11-12-31-13-15-33-16-14-31)29-17-23-5-3-4-6-24(23)22-9-7-21(8-10-22)18-32-20-26-19-30-32;/h3-10,19-20H,2,11-18H2,1H3,(H2,27,28,29);1H. The Balaban J connectivity index is 0.00000324. The monoisotopic (exact) mass is 575 g/mol. The van der Waals surface area contributed by atoms with E-state index in [9.17, 15) is 0 Å². The van der Waals surface area contributed by atoms with E-state index in [1.54, 1.807) is 12.7 Å². The van der Waals surface area contributed by atoms with Gasteiger partial charge in [-0.2, -0.15) is 5.10 Å². The predicted octanol–water partition coefficient (Wildman–Crippen LogP) is 3.00. The number of hydrogen-bond acceptors (Lipinski definition) is 5. The molecule has 8 nitrogen and oxygen atoms in total. The lowest BCUT2D eigenvalue weighted by atomic mass is 9.98. The van der Waals surface area contributed by atoms with Gasteiger partial charge in [0.1, 0.15) is 12.7 Å². The topological polar surface area (TPSA) is 79.6 Å². The molecule has 1 aliphatic heterocycles. The lowest BCUT2D eigenvalue weighted by Gasteiger charge is -2.26. The molecule has 9 heteroatoms. The Morgan fingerprint density at radius 1 is 1.06 bits per heavy atom. The Morgan fingerprint density at radius 2 is 1.85 bits per heavy atom. The maximum Gasteiger partial charge on any atom is 0.191 e. The van der Waals surface area contributed by atoms with Gasteiger partial charge in [-0.25, -0.2) is 14.7 Å². The molecule has 1 saturated heterocycles. The molecular formula is C25H34IN7O. The van der Waals surface area contributed by atoms with Crippen LogP contribution in [0.5, 0.6) is 0 Å². The summed E-state index contributed by atoms with van der Waals surface area (Å²) in [4.78, 5) is 11.3. The Bertz CT molecular complexity index is 1000. The number of aliphatic imine (C=N–C) groups is 1. The Morgan fingerprint density at radius 3 is 2.59 bits per heavy atom. The fourth-order valence-corrected chi connectivity index (χ4v) is 3.89. The number of ether oxygens (including phenoxy) is 1. The first-order chi connectivity index (χ1) is 16.3. The maximum absolute atomic E-state index is 5.43. The number of guanidine groups is 1. The van der Waals surface area contributed by atoms with Crippen LogP contribution in [-0.4, -0.2) is 71.6 Å². The van der Waals surface area contributed by atoms with Gasteiger partial charge in [-0.1, -0.05) is 48.5 Å². The van der Waals surface area contributed by atoms with Crippen LogP contribution in [0.15, 0.2) is 66.2 Å². The average molecular weight is 575 g/mol. The van der Waals surface area contributed by atoms with E-state index in [1.165, 1.54) is 22.3 Å². The van der Waals surface area contributed by atoms with E-state index in [0.29, 0.717) is 13.1 Å². The molecule has 0 unspecified atom stereocenters. The molecule has 34 heavy (non-hydrogen) atoms. The van der Waals surface area contributed by atoms with Crippen molar-refractivity contribution in [3.05, 3.63) is 72.3 Å². The summed E-state index contributed by atoms with van der Waals surface area (Å²) in [6.07, 6.45) is 3.29. The third-order valence-electron chi connectivity index (χ3n) is 5.67. The molecule has 182 valence electrons. The average Bonchev–Trinajstić information content (AvgIpc) is 3.37. The van der Waals surface area contributed by atoms with Gasteiger partial charge < -0.3 is 15.4 Å². The molecule has 3 aromatic rings. The summed E-state index contributed by atoms with van der Waals surface area (Å²) in [5.74, 6) is 0.851. The summed E-state index contributed by atoms with van der Waals surface area (Å²) in [5.41, 5.74) is 4.79. The van der Waals surface area contributed by atoms with Gasteiger partial charge in [0, 0.05) is 32.7 Å². The van der Waals surface area contributed by atoms with E-state index in [1.807, 2.05) is 4.68 Å². The number of nitrogens with one attached hydrogen (secondary N) is 2. The van der Waals surface area contributed by atoms with Crippen LogP contribution in [0, 0.1) is 0 Å². The van der Waals surface area contributed by atoms with Crippen LogP contribution in [0.2, 0.25) is 0 Å². The summed E-state index contributed by atoms with van der Waals surface area (Å²) in [7, 11) is 0. The fourth-order valence-electron chi connectivity index (χ4n) is 3.89. The highest BCUT2D eigenvalue weighted by Crippen LogP contribution is 2.25. The number of halogens is 1. The van der Waals surface area contributed by atoms with Gasteiger partial charge in [-0.05, 0) is 29.2 Å². The normalized spacial score (nSPS) is 14.4. The van der Waals surface area contributed by atoms with Crippen LogP contribution >= 0.6 is 24.0 Å². The molecule has 0 saturated carbocycles. The highest BCUT2D eigenvalue weighted by molar-refractivity contribution is 14.0. The van der Waals surface area contributed by atoms with Gasteiger partial charge >= 0.3 is 0 Å². The zero-order valence-corrected chi connectivity index (χ0v) is 22.0. The minimum Gasteiger partial charge on any atom is -0.379 e. The third kappa shape index (κ3) is 7.78. The highest BCUT2D eigenvalue weighted by Gasteiger charge is 2.10.